The summed E-state index contributed by atoms with van der Waals surface area (Å²) in [6.45, 7) is 0.419. The number of ether oxygens (including phenoxy) is 1. The average Bonchev–Trinajstić information content (AvgIpc) is 2.44. The van der Waals surface area contributed by atoms with Crippen LogP contribution < -0.4 is 0 Å². The van der Waals surface area contributed by atoms with Gasteiger partial charge in [0.05, 0.1) is 5.25 Å². The van der Waals surface area contributed by atoms with Crippen LogP contribution in [0, 0.1) is 0 Å². The molecule has 2 fully saturated rings. The molecule has 0 spiro atoms. The maximum absolute atomic E-state index is 12.7. The molecule has 0 bridgehead atoms. The van der Waals surface area contributed by atoms with E-state index in [9.17, 15) is 16.8 Å². The van der Waals surface area contributed by atoms with Gasteiger partial charge in [-0.25, -0.2) is 16.8 Å². The molecule has 5 nitrogen and oxygen atoms in total. The molecule has 1 aromatic rings. The van der Waals surface area contributed by atoms with Crippen molar-refractivity contribution < 1.29 is 21.6 Å². The topological polar surface area (TPSA) is 77.5 Å². The van der Waals surface area contributed by atoms with E-state index in [1.165, 1.54) is 0 Å². The maximum Gasteiger partial charge on any atom is 0.204 e. The number of hydrogen-bond donors (Lipinski definition) is 0. The molecule has 0 saturated carbocycles. The van der Waals surface area contributed by atoms with Crippen molar-refractivity contribution in [1.82, 2.24) is 0 Å². The number of sulfone groups is 2. The van der Waals surface area contributed by atoms with Gasteiger partial charge in [0.15, 0.2) is 19.7 Å². The molecule has 1 aromatic carbocycles. The number of fused-ring (bicyclic) bond motifs is 1. The predicted octanol–water partition coefficient (Wildman–Crippen LogP) is 0.946. The van der Waals surface area contributed by atoms with Crippen molar-refractivity contribution in [3.8, 4) is 0 Å². The second-order valence-electron chi connectivity index (χ2n) is 5.76. The zero-order chi connectivity index (χ0) is 15.3. The molecule has 7 heteroatoms. The van der Waals surface area contributed by atoms with Crippen molar-refractivity contribution in [3.63, 3.8) is 0 Å². The van der Waals surface area contributed by atoms with Gasteiger partial charge in [0.2, 0.25) is 4.08 Å². The van der Waals surface area contributed by atoms with E-state index < -0.39 is 35.1 Å². The Hall–Kier alpha value is -0.920. The minimum atomic E-state index is -3.82. The van der Waals surface area contributed by atoms with Gasteiger partial charge in [-0.1, -0.05) is 30.3 Å². The highest BCUT2D eigenvalue weighted by atomic mass is 32.3. The van der Waals surface area contributed by atoms with Crippen LogP contribution in [-0.4, -0.2) is 45.1 Å². The average molecular weight is 330 g/mol. The molecule has 21 heavy (non-hydrogen) atoms. The van der Waals surface area contributed by atoms with Crippen molar-refractivity contribution >= 4 is 19.7 Å². The highest BCUT2D eigenvalue weighted by Gasteiger charge is 2.74. The van der Waals surface area contributed by atoms with Crippen LogP contribution in [-0.2, 0) is 30.8 Å². The SMILES string of the molecule is CS(=O)(=O)[C@]1(Cc2ccccc2)[C@H]2OCCC[C@H]2S1(=O)=O. The number of rotatable bonds is 3. The van der Waals surface area contributed by atoms with Crippen LogP contribution in [0.5, 0.6) is 0 Å². The van der Waals surface area contributed by atoms with Crippen molar-refractivity contribution in [2.45, 2.75) is 34.7 Å². The quantitative estimate of drug-likeness (QED) is 0.824. The fraction of sp³-hybridized carbons (Fsp3) is 0.571. The second-order valence-corrected chi connectivity index (χ2v) is 10.7. The molecule has 0 aromatic heterocycles. The lowest BCUT2D eigenvalue weighted by molar-refractivity contribution is -0.00890. The summed E-state index contributed by atoms with van der Waals surface area (Å²) in [5.74, 6) is 0. The van der Waals surface area contributed by atoms with Crippen LogP contribution in [0.4, 0.5) is 0 Å². The molecule has 3 rings (SSSR count). The van der Waals surface area contributed by atoms with Crippen molar-refractivity contribution in [2.24, 2.45) is 0 Å². The second kappa shape index (κ2) is 4.79. The summed E-state index contributed by atoms with van der Waals surface area (Å²) in [4.78, 5) is 0. The summed E-state index contributed by atoms with van der Waals surface area (Å²) in [5, 5.41) is -0.676. The Morgan fingerprint density at radius 2 is 1.95 bits per heavy atom. The molecule has 116 valence electrons. The van der Waals surface area contributed by atoms with E-state index in [0.717, 1.165) is 6.26 Å². The molecule has 0 aliphatic carbocycles. The third-order valence-electron chi connectivity index (χ3n) is 4.50. The van der Waals surface area contributed by atoms with Crippen molar-refractivity contribution in [1.29, 1.82) is 0 Å². The maximum atomic E-state index is 12.7. The first-order chi connectivity index (χ1) is 9.81. The summed E-state index contributed by atoms with van der Waals surface area (Å²) in [5.41, 5.74) is 0.694. The van der Waals surface area contributed by atoms with Crippen LogP contribution in [0.15, 0.2) is 30.3 Å². The Kier molecular flexibility index (Phi) is 3.42. The first-order valence-electron chi connectivity index (χ1n) is 6.89. The first kappa shape index (κ1) is 15.0. The Morgan fingerprint density at radius 3 is 2.57 bits per heavy atom. The largest absolute Gasteiger partial charge is 0.374 e. The first-order valence-corrected chi connectivity index (χ1v) is 10.3. The van der Waals surface area contributed by atoms with Gasteiger partial charge in [0.1, 0.15) is 6.10 Å². The monoisotopic (exact) mass is 330 g/mol. The molecule has 2 aliphatic rings. The van der Waals surface area contributed by atoms with Crippen LogP contribution in [0.2, 0.25) is 0 Å². The molecule has 0 unspecified atom stereocenters. The zero-order valence-electron chi connectivity index (χ0n) is 11.7. The van der Waals surface area contributed by atoms with Crippen LogP contribution in [0.1, 0.15) is 18.4 Å². The van der Waals surface area contributed by atoms with E-state index in [-0.39, 0.29) is 6.42 Å². The van der Waals surface area contributed by atoms with Gasteiger partial charge in [-0.2, -0.15) is 0 Å². The van der Waals surface area contributed by atoms with Gasteiger partial charge >= 0.3 is 0 Å². The van der Waals surface area contributed by atoms with E-state index >= 15 is 0 Å². The molecular formula is C14H18O5S2. The molecule has 0 amide bonds. The van der Waals surface area contributed by atoms with Gasteiger partial charge in [0.25, 0.3) is 0 Å². The lowest BCUT2D eigenvalue weighted by Gasteiger charge is -2.53. The fourth-order valence-corrected chi connectivity index (χ4v) is 9.01. The van der Waals surface area contributed by atoms with Gasteiger partial charge in [-0.3, -0.25) is 0 Å². The molecule has 3 atom stereocenters. The molecule has 0 N–H and O–H groups in total. The van der Waals surface area contributed by atoms with Crippen LogP contribution in [0.3, 0.4) is 0 Å². The van der Waals surface area contributed by atoms with Crippen LogP contribution in [0.25, 0.3) is 0 Å². The summed E-state index contributed by atoms with van der Waals surface area (Å²) in [6.07, 6.45) is 1.36. The summed E-state index contributed by atoms with van der Waals surface area (Å²) in [7, 11) is -7.57. The van der Waals surface area contributed by atoms with E-state index in [4.69, 9.17) is 4.74 Å². The van der Waals surface area contributed by atoms with Crippen molar-refractivity contribution in [3.05, 3.63) is 35.9 Å². The number of hydrogen-bond acceptors (Lipinski definition) is 5. The van der Waals surface area contributed by atoms with E-state index in [2.05, 4.69) is 0 Å². The Morgan fingerprint density at radius 1 is 1.29 bits per heavy atom. The third kappa shape index (κ3) is 1.98. The minimum Gasteiger partial charge on any atom is -0.374 e. The Balaban J connectivity index is 2.11. The summed E-state index contributed by atoms with van der Waals surface area (Å²) >= 11 is 0. The zero-order valence-corrected chi connectivity index (χ0v) is 13.4. The van der Waals surface area contributed by atoms with E-state index in [0.29, 0.717) is 25.0 Å². The van der Waals surface area contributed by atoms with Gasteiger partial charge in [0, 0.05) is 19.3 Å². The van der Waals surface area contributed by atoms with E-state index in [1.807, 2.05) is 6.07 Å². The molecule has 2 heterocycles. The van der Waals surface area contributed by atoms with Crippen molar-refractivity contribution in [2.75, 3.05) is 12.9 Å². The lowest BCUT2D eigenvalue weighted by atomic mass is 9.98. The van der Waals surface area contributed by atoms with Gasteiger partial charge in [-0.15, -0.1) is 0 Å². The molecular weight excluding hydrogens is 312 g/mol. The van der Waals surface area contributed by atoms with Gasteiger partial charge in [-0.05, 0) is 18.4 Å². The third-order valence-corrected chi connectivity index (χ3v) is 10.4. The highest BCUT2D eigenvalue weighted by molar-refractivity contribution is 8.11. The van der Waals surface area contributed by atoms with Crippen LogP contribution >= 0.6 is 0 Å². The normalized spacial score (nSPS) is 34.7. The highest BCUT2D eigenvalue weighted by Crippen LogP contribution is 2.51. The smallest absolute Gasteiger partial charge is 0.204 e. The lowest BCUT2D eigenvalue weighted by Crippen LogP contribution is -2.75. The molecule has 2 saturated heterocycles. The molecule has 2 aliphatic heterocycles. The standard InChI is InChI=1S/C14H18O5S2/c1-20(15,16)14(10-11-6-3-2-4-7-11)13-12(21(14,17)18)8-5-9-19-13/h2-4,6-7,12-13H,5,8-10H2,1H3/t12-,13+,14+/m1/s1. The molecule has 0 radical (unpaired) electrons. The number of benzene rings is 1. The predicted molar refractivity (Wildman–Crippen MR) is 79.4 cm³/mol. The fourth-order valence-electron chi connectivity index (χ4n) is 3.46. The van der Waals surface area contributed by atoms with Gasteiger partial charge < -0.3 is 4.74 Å². The summed E-state index contributed by atoms with van der Waals surface area (Å²) in [6, 6.07) is 8.86. The Labute approximate surface area is 125 Å². The summed E-state index contributed by atoms with van der Waals surface area (Å²) < 4.78 is 53.8. The minimum absolute atomic E-state index is 0.0455. The Bertz CT molecular complexity index is 739. The van der Waals surface area contributed by atoms with E-state index in [1.54, 1.807) is 24.3 Å².